The number of nitrogens with zero attached hydrogens (tertiary/aromatic N) is 1. The summed E-state index contributed by atoms with van der Waals surface area (Å²) in [5, 5.41) is 20.3. The molecule has 2 aromatic rings. The Hall–Kier alpha value is -3.07. The van der Waals surface area contributed by atoms with Crippen molar-refractivity contribution < 1.29 is 14.3 Å². The predicted molar refractivity (Wildman–Crippen MR) is 72.2 cm³/mol. The summed E-state index contributed by atoms with van der Waals surface area (Å²) in [6.07, 6.45) is 0. The molecule has 0 aliphatic carbocycles. The Morgan fingerprint density at radius 2 is 2.05 bits per heavy atom. The molecule has 5 nitrogen and oxygen atoms in total. The normalized spacial score (nSPS) is 9.80. The summed E-state index contributed by atoms with van der Waals surface area (Å²) in [6.45, 7) is 0. The van der Waals surface area contributed by atoms with Gasteiger partial charge in [0.25, 0.3) is 0 Å². The van der Waals surface area contributed by atoms with E-state index in [1.54, 1.807) is 6.07 Å². The van der Waals surface area contributed by atoms with Crippen molar-refractivity contribution in [1.29, 1.82) is 5.26 Å². The van der Waals surface area contributed by atoms with Gasteiger partial charge in [0.15, 0.2) is 0 Å². The lowest BCUT2D eigenvalue weighted by molar-refractivity contribution is 0.0698. The zero-order valence-electron chi connectivity index (χ0n) is 10.2. The lowest BCUT2D eigenvalue weighted by atomic mass is 10.1. The number of aromatic carboxylic acids is 1. The standard InChI is InChI=1S/C14H10FN3O2/c15-10-6-8(7-16)4-5-11(10)18-12-3-1-2-9(13(12)17)14(19)20/h1-6,18H,17H2,(H,19,20). The molecule has 20 heavy (non-hydrogen) atoms. The van der Waals surface area contributed by atoms with Gasteiger partial charge in [0.05, 0.1) is 34.3 Å². The van der Waals surface area contributed by atoms with Gasteiger partial charge in [0.1, 0.15) is 5.82 Å². The topological polar surface area (TPSA) is 99.1 Å². The van der Waals surface area contributed by atoms with Gasteiger partial charge < -0.3 is 16.2 Å². The van der Waals surface area contributed by atoms with Crippen LogP contribution >= 0.6 is 0 Å². The van der Waals surface area contributed by atoms with E-state index in [-0.39, 0.29) is 28.2 Å². The largest absolute Gasteiger partial charge is 0.478 e. The molecule has 0 unspecified atom stereocenters. The second kappa shape index (κ2) is 5.28. The first-order valence-corrected chi connectivity index (χ1v) is 5.61. The molecule has 0 fully saturated rings. The van der Waals surface area contributed by atoms with Crippen molar-refractivity contribution in [2.24, 2.45) is 0 Å². The number of carbonyl (C=O) groups is 1. The number of halogens is 1. The number of nitrogen functional groups attached to an aromatic ring is 1. The molecule has 0 radical (unpaired) electrons. The third kappa shape index (κ3) is 2.52. The number of nitrogens with two attached hydrogens (primary N) is 1. The molecule has 0 bridgehead atoms. The molecule has 0 heterocycles. The number of anilines is 3. The minimum Gasteiger partial charge on any atom is -0.478 e. The van der Waals surface area contributed by atoms with Crippen LogP contribution in [0.5, 0.6) is 0 Å². The molecule has 4 N–H and O–H groups in total. The molecule has 0 spiro atoms. The summed E-state index contributed by atoms with van der Waals surface area (Å²) in [4.78, 5) is 11.0. The average molecular weight is 271 g/mol. The van der Waals surface area contributed by atoms with Gasteiger partial charge in [-0.3, -0.25) is 0 Å². The number of hydrogen-bond donors (Lipinski definition) is 3. The monoisotopic (exact) mass is 271 g/mol. The molecule has 0 saturated heterocycles. The lowest BCUT2D eigenvalue weighted by Crippen LogP contribution is -2.05. The van der Waals surface area contributed by atoms with E-state index in [0.717, 1.165) is 6.07 Å². The SMILES string of the molecule is N#Cc1ccc(Nc2cccc(C(=O)O)c2N)c(F)c1. The first kappa shape index (κ1) is 13.4. The number of hydrogen-bond acceptors (Lipinski definition) is 4. The maximum absolute atomic E-state index is 13.7. The fourth-order valence-corrected chi connectivity index (χ4v) is 1.69. The number of nitrogens with one attached hydrogen (secondary N) is 1. The van der Waals surface area contributed by atoms with Crippen LogP contribution < -0.4 is 11.1 Å². The Morgan fingerprint density at radius 1 is 1.30 bits per heavy atom. The summed E-state index contributed by atoms with van der Waals surface area (Å²) >= 11 is 0. The molecule has 0 aliphatic rings. The fraction of sp³-hybridized carbons (Fsp3) is 0. The third-order valence-corrected chi connectivity index (χ3v) is 2.70. The second-order valence-electron chi connectivity index (χ2n) is 4.00. The molecule has 6 heteroatoms. The molecule has 0 atom stereocenters. The Kier molecular flexibility index (Phi) is 3.53. The first-order chi connectivity index (χ1) is 9.52. The lowest BCUT2D eigenvalue weighted by Gasteiger charge is -2.11. The third-order valence-electron chi connectivity index (χ3n) is 2.70. The van der Waals surface area contributed by atoms with Crippen molar-refractivity contribution in [3.63, 3.8) is 0 Å². The van der Waals surface area contributed by atoms with Gasteiger partial charge in [0.2, 0.25) is 0 Å². The van der Waals surface area contributed by atoms with Crippen LogP contribution in [0.15, 0.2) is 36.4 Å². The average Bonchev–Trinajstić information content (AvgIpc) is 2.42. The van der Waals surface area contributed by atoms with E-state index in [1.807, 2.05) is 6.07 Å². The van der Waals surface area contributed by atoms with E-state index in [2.05, 4.69) is 5.32 Å². The van der Waals surface area contributed by atoms with Gasteiger partial charge in [-0.25, -0.2) is 9.18 Å². The van der Waals surface area contributed by atoms with E-state index in [0.29, 0.717) is 0 Å². The van der Waals surface area contributed by atoms with E-state index in [1.165, 1.54) is 24.3 Å². The van der Waals surface area contributed by atoms with Crippen molar-refractivity contribution in [3.05, 3.63) is 53.3 Å². The van der Waals surface area contributed by atoms with E-state index in [4.69, 9.17) is 16.1 Å². The van der Waals surface area contributed by atoms with Crippen LogP contribution in [-0.2, 0) is 0 Å². The molecule has 0 amide bonds. The summed E-state index contributed by atoms with van der Waals surface area (Å²) in [7, 11) is 0. The zero-order chi connectivity index (χ0) is 14.7. The predicted octanol–water partition coefficient (Wildman–Crippen LogP) is 2.72. The van der Waals surface area contributed by atoms with E-state index in [9.17, 15) is 9.18 Å². The minimum absolute atomic E-state index is 0.0174. The smallest absolute Gasteiger partial charge is 0.337 e. The van der Waals surface area contributed by atoms with Crippen LogP contribution in [0.1, 0.15) is 15.9 Å². The van der Waals surface area contributed by atoms with Crippen LogP contribution in [0.2, 0.25) is 0 Å². The van der Waals surface area contributed by atoms with Crippen LogP contribution in [0, 0.1) is 17.1 Å². The molecule has 0 aliphatic heterocycles. The fourth-order valence-electron chi connectivity index (χ4n) is 1.69. The Balaban J connectivity index is 2.38. The van der Waals surface area contributed by atoms with Gasteiger partial charge in [-0.1, -0.05) is 6.07 Å². The molecule has 2 aromatic carbocycles. The highest BCUT2D eigenvalue weighted by molar-refractivity contribution is 5.97. The zero-order valence-corrected chi connectivity index (χ0v) is 10.2. The van der Waals surface area contributed by atoms with Gasteiger partial charge in [0, 0.05) is 0 Å². The molecule has 100 valence electrons. The second-order valence-corrected chi connectivity index (χ2v) is 4.00. The van der Waals surface area contributed by atoms with Crippen LogP contribution in [0.25, 0.3) is 0 Å². The molecule has 2 rings (SSSR count). The Labute approximate surface area is 114 Å². The minimum atomic E-state index is -1.16. The van der Waals surface area contributed by atoms with Crippen LogP contribution in [0.4, 0.5) is 21.5 Å². The van der Waals surface area contributed by atoms with Gasteiger partial charge in [-0.2, -0.15) is 5.26 Å². The summed E-state index contributed by atoms with van der Waals surface area (Å²) in [6, 6.07) is 10.1. The van der Waals surface area contributed by atoms with Gasteiger partial charge >= 0.3 is 5.97 Å². The highest BCUT2D eigenvalue weighted by atomic mass is 19.1. The quantitative estimate of drug-likeness (QED) is 0.745. The van der Waals surface area contributed by atoms with Crippen LogP contribution in [0.3, 0.4) is 0 Å². The Bertz CT molecular complexity index is 723. The molecular formula is C14H10FN3O2. The summed E-state index contributed by atoms with van der Waals surface area (Å²) in [5.74, 6) is -1.78. The summed E-state index contributed by atoms with van der Waals surface area (Å²) < 4.78 is 13.7. The number of benzene rings is 2. The maximum Gasteiger partial charge on any atom is 0.337 e. The Morgan fingerprint density at radius 3 is 2.65 bits per heavy atom. The van der Waals surface area contributed by atoms with Crippen molar-refractivity contribution in [2.75, 3.05) is 11.1 Å². The van der Waals surface area contributed by atoms with Crippen molar-refractivity contribution in [2.45, 2.75) is 0 Å². The number of nitriles is 1. The number of carboxylic acid groups (broad SMARTS) is 1. The highest BCUT2D eigenvalue weighted by Crippen LogP contribution is 2.27. The highest BCUT2D eigenvalue weighted by Gasteiger charge is 2.12. The van der Waals surface area contributed by atoms with Gasteiger partial charge in [-0.15, -0.1) is 0 Å². The van der Waals surface area contributed by atoms with Gasteiger partial charge in [-0.05, 0) is 30.3 Å². The van der Waals surface area contributed by atoms with Crippen molar-refractivity contribution >= 4 is 23.0 Å². The summed E-state index contributed by atoms with van der Waals surface area (Å²) in [5.41, 5.74) is 6.26. The van der Waals surface area contributed by atoms with Crippen molar-refractivity contribution in [1.82, 2.24) is 0 Å². The molecule has 0 aromatic heterocycles. The van der Waals surface area contributed by atoms with Crippen molar-refractivity contribution in [3.8, 4) is 6.07 Å². The maximum atomic E-state index is 13.7. The number of rotatable bonds is 3. The first-order valence-electron chi connectivity index (χ1n) is 5.61. The van der Waals surface area contributed by atoms with Crippen LogP contribution in [-0.4, -0.2) is 11.1 Å². The molecular weight excluding hydrogens is 261 g/mol. The van der Waals surface area contributed by atoms with E-state index >= 15 is 0 Å². The number of para-hydroxylation sites is 1. The number of carboxylic acids is 1. The molecule has 0 saturated carbocycles. The van der Waals surface area contributed by atoms with E-state index < -0.39 is 11.8 Å².